The van der Waals surface area contributed by atoms with Crippen LogP contribution in [0.4, 0.5) is 0 Å². The first-order chi connectivity index (χ1) is 18.3. The molecule has 7 heteroatoms. The highest BCUT2D eigenvalue weighted by atomic mass is 16.5. The summed E-state index contributed by atoms with van der Waals surface area (Å²) in [7, 11) is 1.32. The number of ether oxygens (including phenoxy) is 1. The number of hydrogen-bond acceptors (Lipinski definition) is 6. The van der Waals surface area contributed by atoms with Crippen LogP contribution >= 0.6 is 0 Å². The Kier molecular flexibility index (Phi) is 10.7. The van der Waals surface area contributed by atoms with Crippen LogP contribution in [0.2, 0.25) is 0 Å². The lowest BCUT2D eigenvalue weighted by Crippen LogP contribution is -2.34. The number of aliphatic hydroxyl groups excluding tert-OH is 1. The number of unbranched alkanes of at least 4 members (excludes halogenated alkanes) is 2. The van der Waals surface area contributed by atoms with Gasteiger partial charge in [0.25, 0.3) is 11.7 Å². The molecule has 1 fully saturated rings. The summed E-state index contributed by atoms with van der Waals surface area (Å²) in [4.78, 5) is 42.5. The lowest BCUT2D eigenvalue weighted by Gasteiger charge is -2.27. The molecule has 1 aliphatic rings. The number of rotatable bonds is 13. The number of likely N-dealkylation sites (tertiary alicyclic amines) is 1. The molecule has 1 atom stereocenters. The number of methoxy groups -OCH3 is 1. The average molecular weight is 521 g/mol. The number of hydrogen-bond donors (Lipinski definition) is 1. The summed E-state index contributed by atoms with van der Waals surface area (Å²) >= 11 is 0. The maximum atomic E-state index is 13.3. The van der Waals surface area contributed by atoms with Crippen LogP contribution < -0.4 is 0 Å². The minimum absolute atomic E-state index is 0.0680. The van der Waals surface area contributed by atoms with Gasteiger partial charge in [-0.15, -0.1) is 0 Å². The minimum atomic E-state index is -0.747. The van der Waals surface area contributed by atoms with Crippen molar-refractivity contribution >= 4 is 23.4 Å². The molecular weight excluding hydrogens is 480 g/mol. The van der Waals surface area contributed by atoms with Gasteiger partial charge >= 0.3 is 5.97 Å². The minimum Gasteiger partial charge on any atom is -0.507 e. The molecule has 1 saturated heterocycles. The summed E-state index contributed by atoms with van der Waals surface area (Å²) in [5, 5.41) is 11.2. The van der Waals surface area contributed by atoms with Crippen LogP contribution in [0.25, 0.3) is 5.76 Å². The third-order valence-corrected chi connectivity index (χ3v) is 7.04. The maximum Gasteiger partial charge on any atom is 0.337 e. The Hall–Kier alpha value is -3.45. The number of ketones is 1. The number of benzene rings is 2. The van der Waals surface area contributed by atoms with Gasteiger partial charge in [0.2, 0.25) is 0 Å². The Morgan fingerprint density at radius 2 is 1.45 bits per heavy atom. The van der Waals surface area contributed by atoms with E-state index in [-0.39, 0.29) is 11.3 Å². The third-order valence-electron chi connectivity index (χ3n) is 7.04. The van der Waals surface area contributed by atoms with Gasteiger partial charge in [-0.1, -0.05) is 68.7 Å². The first-order valence-electron chi connectivity index (χ1n) is 13.6. The topological polar surface area (TPSA) is 87.2 Å². The van der Waals surface area contributed by atoms with E-state index in [1.165, 1.54) is 7.11 Å². The highest BCUT2D eigenvalue weighted by Crippen LogP contribution is 2.39. The Bertz CT molecular complexity index is 1130. The van der Waals surface area contributed by atoms with Gasteiger partial charge < -0.3 is 19.6 Å². The van der Waals surface area contributed by atoms with Gasteiger partial charge in [0.15, 0.2) is 0 Å². The number of esters is 1. The molecule has 204 valence electrons. The van der Waals surface area contributed by atoms with Crippen molar-refractivity contribution in [1.82, 2.24) is 9.80 Å². The zero-order valence-corrected chi connectivity index (χ0v) is 23.0. The van der Waals surface area contributed by atoms with Crippen molar-refractivity contribution in [2.45, 2.75) is 58.9 Å². The maximum absolute atomic E-state index is 13.3. The van der Waals surface area contributed by atoms with E-state index in [0.29, 0.717) is 29.7 Å². The fraction of sp³-hybridized carbons (Fsp3) is 0.452. The number of aliphatic hydroxyl groups is 1. The second-order valence-electron chi connectivity index (χ2n) is 9.87. The number of carbonyl (C=O) groups excluding carboxylic acids is 3. The van der Waals surface area contributed by atoms with Crippen molar-refractivity contribution in [3.8, 4) is 0 Å². The van der Waals surface area contributed by atoms with Gasteiger partial charge in [-0.2, -0.15) is 0 Å². The van der Waals surface area contributed by atoms with Crippen LogP contribution in [-0.4, -0.2) is 65.9 Å². The van der Waals surface area contributed by atoms with Gasteiger partial charge in [0.1, 0.15) is 5.76 Å². The molecule has 2 aromatic rings. The molecule has 1 heterocycles. The Morgan fingerprint density at radius 3 is 2.00 bits per heavy atom. The SMILES string of the molecule is CCCCN(CCCC)CCCN1C(=O)C(=O)/C(=C(/O)c2ccc(C)cc2)C1c1ccc(C(=O)OC)cc1. The van der Waals surface area contributed by atoms with Crippen LogP contribution in [0.1, 0.15) is 79.0 Å². The van der Waals surface area contributed by atoms with E-state index in [1.807, 2.05) is 19.1 Å². The van der Waals surface area contributed by atoms with Crippen molar-refractivity contribution in [3.05, 3.63) is 76.4 Å². The molecule has 0 aromatic heterocycles. The van der Waals surface area contributed by atoms with E-state index in [2.05, 4.69) is 18.7 Å². The van der Waals surface area contributed by atoms with Crippen LogP contribution in [0.15, 0.2) is 54.1 Å². The second-order valence-corrected chi connectivity index (χ2v) is 9.87. The zero-order chi connectivity index (χ0) is 27.7. The molecule has 0 aliphatic carbocycles. The van der Waals surface area contributed by atoms with Gasteiger partial charge in [-0.25, -0.2) is 4.79 Å². The summed E-state index contributed by atoms with van der Waals surface area (Å²) < 4.78 is 4.80. The van der Waals surface area contributed by atoms with Crippen LogP contribution in [0, 0.1) is 6.92 Å². The largest absolute Gasteiger partial charge is 0.507 e. The number of aryl methyl sites for hydroxylation is 1. The summed E-state index contributed by atoms with van der Waals surface area (Å²) in [6, 6.07) is 13.1. The predicted molar refractivity (Wildman–Crippen MR) is 149 cm³/mol. The van der Waals surface area contributed by atoms with E-state index >= 15 is 0 Å². The molecule has 3 rings (SSSR count). The zero-order valence-electron chi connectivity index (χ0n) is 23.0. The quantitative estimate of drug-likeness (QED) is 0.163. The lowest BCUT2D eigenvalue weighted by atomic mass is 9.94. The third kappa shape index (κ3) is 6.90. The van der Waals surface area contributed by atoms with E-state index in [1.54, 1.807) is 41.3 Å². The normalized spacial score (nSPS) is 16.9. The molecule has 7 nitrogen and oxygen atoms in total. The van der Waals surface area contributed by atoms with Crippen LogP contribution in [-0.2, 0) is 14.3 Å². The Morgan fingerprint density at radius 1 is 0.895 bits per heavy atom. The van der Waals surface area contributed by atoms with Crippen LogP contribution in [0.3, 0.4) is 0 Å². The summed E-state index contributed by atoms with van der Waals surface area (Å²) in [6.45, 7) is 9.54. The Labute approximate surface area is 226 Å². The van der Waals surface area contributed by atoms with Gasteiger partial charge in [0.05, 0.1) is 24.3 Å². The number of Topliss-reactive ketones (excluding diaryl/α,β-unsaturated/α-hetero) is 1. The van der Waals surface area contributed by atoms with E-state index in [0.717, 1.165) is 50.9 Å². The second kappa shape index (κ2) is 13.9. The monoisotopic (exact) mass is 520 g/mol. The molecule has 0 bridgehead atoms. The number of carbonyl (C=O) groups is 3. The first kappa shape index (κ1) is 29.1. The van der Waals surface area contributed by atoms with Crippen molar-refractivity contribution < 1.29 is 24.2 Å². The highest BCUT2D eigenvalue weighted by Gasteiger charge is 2.45. The van der Waals surface area contributed by atoms with E-state index in [4.69, 9.17) is 4.74 Å². The molecule has 1 N–H and O–H groups in total. The van der Waals surface area contributed by atoms with Crippen LogP contribution in [0.5, 0.6) is 0 Å². The van der Waals surface area contributed by atoms with Crippen molar-refractivity contribution in [2.24, 2.45) is 0 Å². The van der Waals surface area contributed by atoms with Crippen molar-refractivity contribution in [1.29, 1.82) is 0 Å². The van der Waals surface area contributed by atoms with Gasteiger partial charge in [-0.05, 0) is 63.5 Å². The molecule has 0 saturated carbocycles. The molecular formula is C31H40N2O5. The molecule has 0 spiro atoms. The average Bonchev–Trinajstić information content (AvgIpc) is 3.18. The molecule has 1 aliphatic heterocycles. The van der Waals surface area contributed by atoms with Gasteiger partial charge in [0, 0.05) is 12.1 Å². The van der Waals surface area contributed by atoms with Crippen molar-refractivity contribution in [2.75, 3.05) is 33.3 Å². The smallest absolute Gasteiger partial charge is 0.337 e. The lowest BCUT2D eigenvalue weighted by molar-refractivity contribution is -0.140. The standard InChI is InChI=1S/C31H40N2O5/c1-5-7-18-32(19-8-6-2)20-9-21-33-27(23-14-16-25(17-15-23)31(37)38-4)26(29(35)30(33)36)28(34)24-12-10-22(3)11-13-24/h10-17,27,34H,5-9,18-21H2,1-4H3/b28-26+. The molecule has 1 amide bonds. The molecule has 1 unspecified atom stereocenters. The van der Waals surface area contributed by atoms with E-state index < -0.39 is 23.7 Å². The fourth-order valence-electron chi connectivity index (χ4n) is 4.81. The number of nitrogens with zero attached hydrogens (tertiary/aromatic N) is 2. The molecule has 2 aromatic carbocycles. The van der Waals surface area contributed by atoms with Gasteiger partial charge in [-0.3, -0.25) is 9.59 Å². The molecule has 38 heavy (non-hydrogen) atoms. The summed E-state index contributed by atoms with van der Waals surface area (Å²) in [6.07, 6.45) is 5.20. The van der Waals surface area contributed by atoms with E-state index in [9.17, 15) is 19.5 Å². The number of amides is 1. The predicted octanol–water partition coefficient (Wildman–Crippen LogP) is 5.50. The summed E-state index contributed by atoms with van der Waals surface area (Å²) in [5.41, 5.74) is 2.59. The molecule has 0 radical (unpaired) electrons. The Balaban J connectivity index is 1.94. The van der Waals surface area contributed by atoms with Crippen molar-refractivity contribution in [3.63, 3.8) is 0 Å². The first-order valence-corrected chi connectivity index (χ1v) is 13.6. The fourth-order valence-corrected chi connectivity index (χ4v) is 4.81. The highest BCUT2D eigenvalue weighted by molar-refractivity contribution is 6.46. The summed E-state index contributed by atoms with van der Waals surface area (Å²) in [5.74, 6) is -1.97.